The number of amides is 1. The molecule has 0 aliphatic carbocycles. The highest BCUT2D eigenvalue weighted by Crippen LogP contribution is 2.08. The molecular formula is C17H25NO4. The Morgan fingerprint density at radius 2 is 1.82 bits per heavy atom. The molecule has 0 fully saturated rings. The van der Waals surface area contributed by atoms with Crippen LogP contribution in [0.4, 0.5) is 4.79 Å². The van der Waals surface area contributed by atoms with Crippen molar-refractivity contribution in [3.8, 4) is 0 Å². The number of alkyl carbamates (subject to hydrolysis) is 1. The number of ether oxygens (including phenoxy) is 2. The lowest BCUT2D eigenvalue weighted by Gasteiger charge is -2.21. The first-order valence-corrected chi connectivity index (χ1v) is 7.45. The fraction of sp³-hybridized carbons (Fsp3) is 0.529. The van der Waals surface area contributed by atoms with Gasteiger partial charge in [-0.2, -0.15) is 0 Å². The lowest BCUT2D eigenvalue weighted by atomic mass is 10.2. The highest BCUT2D eigenvalue weighted by Gasteiger charge is 2.18. The highest BCUT2D eigenvalue weighted by molar-refractivity contribution is 5.70. The Morgan fingerprint density at radius 3 is 2.41 bits per heavy atom. The van der Waals surface area contributed by atoms with Gasteiger partial charge in [0.05, 0.1) is 0 Å². The van der Waals surface area contributed by atoms with Gasteiger partial charge < -0.3 is 14.8 Å². The van der Waals surface area contributed by atoms with Crippen LogP contribution in [0.3, 0.4) is 0 Å². The zero-order valence-corrected chi connectivity index (χ0v) is 13.7. The van der Waals surface area contributed by atoms with Crippen molar-refractivity contribution in [1.29, 1.82) is 0 Å². The van der Waals surface area contributed by atoms with Crippen LogP contribution in [0.15, 0.2) is 30.3 Å². The van der Waals surface area contributed by atoms with Crippen LogP contribution in [0, 0.1) is 0 Å². The maximum atomic E-state index is 11.7. The third kappa shape index (κ3) is 8.29. The Balaban J connectivity index is 2.21. The van der Waals surface area contributed by atoms with Gasteiger partial charge in [0.25, 0.3) is 0 Å². The van der Waals surface area contributed by atoms with Gasteiger partial charge in [0.2, 0.25) is 0 Å². The van der Waals surface area contributed by atoms with E-state index in [9.17, 15) is 9.59 Å². The smallest absolute Gasteiger partial charge is 0.407 e. The van der Waals surface area contributed by atoms with E-state index >= 15 is 0 Å². The van der Waals surface area contributed by atoms with E-state index in [0.717, 1.165) is 5.56 Å². The standard InChI is InChI=1S/C17H25NO4/c1-13(18-16(20)22-17(2,3)4)10-11-15(19)21-12-14-8-6-5-7-9-14/h5-9,13H,10-12H2,1-4H3,(H,18,20). The summed E-state index contributed by atoms with van der Waals surface area (Å²) in [6, 6.07) is 9.36. The summed E-state index contributed by atoms with van der Waals surface area (Å²) in [6.45, 7) is 7.51. The summed E-state index contributed by atoms with van der Waals surface area (Å²) in [6.07, 6.45) is 0.286. The molecule has 1 aromatic carbocycles. The number of esters is 1. The third-order valence-electron chi connectivity index (χ3n) is 2.79. The van der Waals surface area contributed by atoms with Crippen molar-refractivity contribution in [2.24, 2.45) is 0 Å². The third-order valence-corrected chi connectivity index (χ3v) is 2.79. The van der Waals surface area contributed by atoms with Crippen molar-refractivity contribution < 1.29 is 19.1 Å². The number of benzene rings is 1. The molecule has 1 amide bonds. The van der Waals surface area contributed by atoms with E-state index in [4.69, 9.17) is 9.47 Å². The van der Waals surface area contributed by atoms with Crippen LogP contribution in [0.25, 0.3) is 0 Å². The van der Waals surface area contributed by atoms with Crippen molar-refractivity contribution >= 4 is 12.1 Å². The van der Waals surface area contributed by atoms with Gasteiger partial charge in [-0.15, -0.1) is 0 Å². The lowest BCUT2D eigenvalue weighted by molar-refractivity contribution is -0.145. The quantitative estimate of drug-likeness (QED) is 0.818. The van der Waals surface area contributed by atoms with E-state index in [2.05, 4.69) is 5.32 Å². The second-order valence-corrected chi connectivity index (χ2v) is 6.23. The van der Waals surface area contributed by atoms with Crippen LogP contribution >= 0.6 is 0 Å². The predicted octanol–water partition coefficient (Wildman–Crippen LogP) is 3.42. The highest BCUT2D eigenvalue weighted by atomic mass is 16.6. The number of hydrogen-bond acceptors (Lipinski definition) is 4. The molecule has 0 saturated carbocycles. The molecule has 0 bridgehead atoms. The van der Waals surface area contributed by atoms with Crippen LogP contribution in [0.5, 0.6) is 0 Å². The van der Waals surface area contributed by atoms with E-state index in [1.165, 1.54) is 0 Å². The summed E-state index contributed by atoms with van der Waals surface area (Å²) in [5, 5.41) is 2.70. The van der Waals surface area contributed by atoms with Crippen LogP contribution in [-0.2, 0) is 20.9 Å². The largest absolute Gasteiger partial charge is 0.461 e. The molecule has 22 heavy (non-hydrogen) atoms. The number of hydrogen-bond donors (Lipinski definition) is 1. The first-order chi connectivity index (χ1) is 10.3. The molecule has 0 saturated heterocycles. The maximum Gasteiger partial charge on any atom is 0.407 e. The molecule has 1 N–H and O–H groups in total. The van der Waals surface area contributed by atoms with E-state index < -0.39 is 11.7 Å². The summed E-state index contributed by atoms with van der Waals surface area (Å²) in [5.74, 6) is -0.276. The van der Waals surface area contributed by atoms with Gasteiger partial charge in [-0.25, -0.2) is 4.79 Å². The van der Waals surface area contributed by atoms with Gasteiger partial charge in [0, 0.05) is 12.5 Å². The maximum absolute atomic E-state index is 11.7. The lowest BCUT2D eigenvalue weighted by Crippen LogP contribution is -2.37. The van der Waals surface area contributed by atoms with E-state index in [1.54, 1.807) is 20.8 Å². The number of nitrogens with one attached hydrogen (secondary N) is 1. The van der Waals surface area contributed by atoms with E-state index in [0.29, 0.717) is 6.42 Å². The Hall–Kier alpha value is -2.04. The van der Waals surface area contributed by atoms with Crippen molar-refractivity contribution in [2.45, 2.75) is 58.8 Å². The van der Waals surface area contributed by atoms with Crippen molar-refractivity contribution in [1.82, 2.24) is 5.32 Å². The fourth-order valence-electron chi connectivity index (χ4n) is 1.73. The molecule has 0 aromatic heterocycles. The molecule has 5 heteroatoms. The molecule has 1 rings (SSSR count). The summed E-state index contributed by atoms with van der Waals surface area (Å²) in [4.78, 5) is 23.2. The second kappa shape index (κ2) is 8.41. The van der Waals surface area contributed by atoms with Crippen molar-refractivity contribution in [3.63, 3.8) is 0 Å². The van der Waals surface area contributed by atoms with Crippen molar-refractivity contribution in [3.05, 3.63) is 35.9 Å². The molecule has 5 nitrogen and oxygen atoms in total. The summed E-state index contributed by atoms with van der Waals surface area (Å²) in [5.41, 5.74) is 0.425. The molecular weight excluding hydrogens is 282 g/mol. The van der Waals surface area contributed by atoms with Gasteiger partial charge in [-0.05, 0) is 39.7 Å². The van der Waals surface area contributed by atoms with Crippen molar-refractivity contribution in [2.75, 3.05) is 0 Å². The molecule has 1 aromatic rings. The number of carbonyl (C=O) groups is 2. The minimum Gasteiger partial charge on any atom is -0.461 e. The monoisotopic (exact) mass is 307 g/mol. The molecule has 0 spiro atoms. The minimum atomic E-state index is -0.529. The zero-order chi connectivity index (χ0) is 16.6. The molecule has 0 heterocycles. The molecule has 0 radical (unpaired) electrons. The zero-order valence-electron chi connectivity index (χ0n) is 13.7. The van der Waals surface area contributed by atoms with Gasteiger partial charge in [-0.1, -0.05) is 30.3 Å². The van der Waals surface area contributed by atoms with Crippen LogP contribution in [-0.4, -0.2) is 23.7 Å². The summed E-state index contributed by atoms with van der Waals surface area (Å²) >= 11 is 0. The predicted molar refractivity (Wildman–Crippen MR) is 84.3 cm³/mol. The van der Waals surface area contributed by atoms with E-state index in [-0.39, 0.29) is 25.0 Å². The van der Waals surface area contributed by atoms with Crippen LogP contribution in [0.2, 0.25) is 0 Å². The average Bonchev–Trinajstić information content (AvgIpc) is 2.42. The molecule has 1 unspecified atom stereocenters. The first kappa shape index (κ1) is 18.0. The molecule has 1 atom stereocenters. The SMILES string of the molecule is CC(CCC(=O)OCc1ccccc1)NC(=O)OC(C)(C)C. The summed E-state index contributed by atoms with van der Waals surface area (Å²) < 4.78 is 10.3. The number of rotatable bonds is 6. The van der Waals surface area contributed by atoms with Crippen LogP contribution in [0.1, 0.15) is 46.1 Å². The Morgan fingerprint density at radius 1 is 1.18 bits per heavy atom. The fourth-order valence-corrected chi connectivity index (χ4v) is 1.73. The van der Waals surface area contributed by atoms with Crippen LogP contribution < -0.4 is 5.32 Å². The normalized spacial score (nSPS) is 12.4. The Kier molecular flexibility index (Phi) is 6.89. The van der Waals surface area contributed by atoms with Gasteiger partial charge in [0.1, 0.15) is 12.2 Å². The van der Waals surface area contributed by atoms with E-state index in [1.807, 2.05) is 37.3 Å². The number of carbonyl (C=O) groups excluding carboxylic acids is 2. The topological polar surface area (TPSA) is 64.6 Å². The second-order valence-electron chi connectivity index (χ2n) is 6.23. The first-order valence-electron chi connectivity index (χ1n) is 7.45. The average molecular weight is 307 g/mol. The molecule has 0 aliphatic rings. The van der Waals surface area contributed by atoms with Gasteiger partial charge >= 0.3 is 12.1 Å². The Bertz CT molecular complexity index is 479. The Labute approximate surface area is 132 Å². The van der Waals surface area contributed by atoms with Gasteiger partial charge in [-0.3, -0.25) is 4.79 Å². The van der Waals surface area contributed by atoms with Gasteiger partial charge in [0.15, 0.2) is 0 Å². The minimum absolute atomic E-state index is 0.154. The summed E-state index contributed by atoms with van der Waals surface area (Å²) in [7, 11) is 0. The molecule has 122 valence electrons. The molecule has 0 aliphatic heterocycles.